The van der Waals surface area contributed by atoms with Gasteiger partial charge < -0.3 is 0 Å². The average molecular weight is 251 g/mol. The van der Waals surface area contributed by atoms with Crippen LogP contribution in [0.4, 0.5) is 0 Å². The second-order valence-electron chi connectivity index (χ2n) is 4.23. The normalized spacial score (nSPS) is 19.1. The molecule has 1 fully saturated rings. The molecule has 1 aromatic carbocycles. The smallest absolute Gasteiger partial charge is 0.198 e. The van der Waals surface area contributed by atoms with Crippen LogP contribution >= 0.6 is 0 Å². The Morgan fingerprint density at radius 1 is 1.18 bits per heavy atom. The van der Waals surface area contributed by atoms with Crippen molar-refractivity contribution in [3.63, 3.8) is 0 Å². The molecule has 1 aliphatic heterocycles. The van der Waals surface area contributed by atoms with Gasteiger partial charge in [0, 0.05) is 0 Å². The number of hydrogen-bond donors (Lipinski definition) is 0. The van der Waals surface area contributed by atoms with Gasteiger partial charge in [0.05, 0.1) is 4.90 Å². The van der Waals surface area contributed by atoms with Crippen LogP contribution in [0.25, 0.3) is 0 Å². The molecule has 92 valence electrons. The molecule has 0 radical (unpaired) electrons. The fourth-order valence-electron chi connectivity index (χ4n) is 2.22. The first-order valence-corrected chi connectivity index (χ1v) is 7.36. The van der Waals surface area contributed by atoms with E-state index in [0.717, 1.165) is 25.9 Å². The van der Waals surface area contributed by atoms with E-state index >= 15 is 0 Å². The fourth-order valence-corrected chi connectivity index (χ4v) is 3.89. The van der Waals surface area contributed by atoms with E-state index < -0.39 is 15.2 Å². The van der Waals surface area contributed by atoms with Gasteiger partial charge in [-0.05, 0) is 38.1 Å². The maximum atomic E-state index is 12.4. The zero-order valence-corrected chi connectivity index (χ0v) is 10.6. The Labute approximate surface area is 103 Å². The number of likely N-dealkylation sites (tertiary alicyclic amines) is 1. The number of benzene rings is 1. The first-order chi connectivity index (χ1) is 8.16. The predicted molar refractivity (Wildman–Crippen MR) is 68.4 cm³/mol. The van der Waals surface area contributed by atoms with Crippen molar-refractivity contribution >= 4 is 9.84 Å². The zero-order chi connectivity index (χ0) is 12.3. The Balaban J connectivity index is 2.33. The Morgan fingerprint density at radius 3 is 2.29 bits per heavy atom. The molecule has 0 bridgehead atoms. The third-order valence-corrected chi connectivity index (χ3v) is 5.15. The monoisotopic (exact) mass is 251 g/mol. The van der Waals surface area contributed by atoms with Crippen molar-refractivity contribution < 1.29 is 8.42 Å². The van der Waals surface area contributed by atoms with Crippen molar-refractivity contribution in [2.24, 2.45) is 0 Å². The second kappa shape index (κ2) is 5.02. The van der Waals surface area contributed by atoms with E-state index in [1.807, 2.05) is 11.0 Å². The standard InChI is InChI=1S/C13H17NO2S/c1-2-13(14-10-6-7-11-14)17(15,16)12-8-4-3-5-9-12/h2-5,8-9,13H,1,6-7,10-11H2. The minimum Gasteiger partial charge on any atom is -0.284 e. The van der Waals surface area contributed by atoms with E-state index in [1.165, 1.54) is 6.08 Å². The number of hydrogen-bond acceptors (Lipinski definition) is 3. The van der Waals surface area contributed by atoms with Crippen LogP contribution in [0, 0.1) is 0 Å². The largest absolute Gasteiger partial charge is 0.284 e. The molecule has 1 saturated heterocycles. The molecule has 1 unspecified atom stereocenters. The van der Waals surface area contributed by atoms with Gasteiger partial charge in [0.25, 0.3) is 0 Å². The van der Waals surface area contributed by atoms with E-state index in [9.17, 15) is 8.42 Å². The number of sulfone groups is 1. The average Bonchev–Trinajstić information content (AvgIpc) is 2.84. The minimum absolute atomic E-state index is 0.372. The summed E-state index contributed by atoms with van der Waals surface area (Å²) in [6.07, 6.45) is 3.66. The predicted octanol–water partition coefficient (Wildman–Crippen LogP) is 2.07. The van der Waals surface area contributed by atoms with Crippen molar-refractivity contribution in [1.82, 2.24) is 4.90 Å². The highest BCUT2D eigenvalue weighted by Gasteiger charge is 2.31. The van der Waals surface area contributed by atoms with Crippen molar-refractivity contribution in [3.8, 4) is 0 Å². The van der Waals surface area contributed by atoms with Gasteiger partial charge in [-0.3, -0.25) is 4.90 Å². The van der Waals surface area contributed by atoms with Crippen LogP contribution in [-0.4, -0.2) is 31.8 Å². The SMILES string of the molecule is C=CC(N1CCCC1)S(=O)(=O)c1ccccc1. The van der Waals surface area contributed by atoms with E-state index in [-0.39, 0.29) is 0 Å². The van der Waals surface area contributed by atoms with Gasteiger partial charge in [0.15, 0.2) is 9.84 Å². The molecule has 0 N–H and O–H groups in total. The lowest BCUT2D eigenvalue weighted by molar-refractivity contribution is 0.339. The number of nitrogens with zero attached hydrogens (tertiary/aromatic N) is 1. The summed E-state index contributed by atoms with van der Waals surface area (Å²) in [4.78, 5) is 2.35. The maximum absolute atomic E-state index is 12.4. The maximum Gasteiger partial charge on any atom is 0.198 e. The van der Waals surface area contributed by atoms with Gasteiger partial charge in [0.2, 0.25) is 0 Å². The summed E-state index contributed by atoms with van der Waals surface area (Å²) >= 11 is 0. The lowest BCUT2D eigenvalue weighted by Gasteiger charge is -2.24. The van der Waals surface area contributed by atoms with Gasteiger partial charge in [0.1, 0.15) is 5.37 Å². The summed E-state index contributed by atoms with van der Waals surface area (Å²) in [5.74, 6) is 0. The van der Waals surface area contributed by atoms with Gasteiger partial charge >= 0.3 is 0 Å². The zero-order valence-electron chi connectivity index (χ0n) is 9.75. The molecule has 2 rings (SSSR count). The second-order valence-corrected chi connectivity index (χ2v) is 6.27. The van der Waals surface area contributed by atoms with Crippen LogP contribution in [0.3, 0.4) is 0 Å². The molecule has 0 saturated carbocycles. The van der Waals surface area contributed by atoms with Gasteiger partial charge in [-0.2, -0.15) is 0 Å². The summed E-state index contributed by atoms with van der Waals surface area (Å²) in [7, 11) is -3.33. The Bertz CT molecular complexity index is 475. The van der Waals surface area contributed by atoms with Crippen LogP contribution in [0.15, 0.2) is 47.9 Å². The third-order valence-electron chi connectivity index (χ3n) is 3.09. The quantitative estimate of drug-likeness (QED) is 0.769. The molecule has 17 heavy (non-hydrogen) atoms. The molecular formula is C13H17NO2S. The Hall–Kier alpha value is -1.13. The summed E-state index contributed by atoms with van der Waals surface area (Å²) in [5.41, 5.74) is 0. The van der Waals surface area contributed by atoms with Crippen LogP contribution < -0.4 is 0 Å². The molecule has 4 heteroatoms. The molecule has 1 heterocycles. The molecule has 1 aliphatic rings. The summed E-state index contributed by atoms with van der Waals surface area (Å²) in [6.45, 7) is 5.35. The minimum atomic E-state index is -3.33. The molecule has 1 atom stereocenters. The molecule has 1 aromatic rings. The van der Waals surface area contributed by atoms with E-state index in [2.05, 4.69) is 6.58 Å². The summed E-state index contributed by atoms with van der Waals surface area (Å²) in [6, 6.07) is 8.59. The van der Waals surface area contributed by atoms with Gasteiger partial charge in [-0.25, -0.2) is 8.42 Å². The van der Waals surface area contributed by atoms with Crippen molar-refractivity contribution in [2.45, 2.75) is 23.1 Å². The van der Waals surface area contributed by atoms with Crippen LogP contribution in [0.1, 0.15) is 12.8 Å². The van der Waals surface area contributed by atoms with Crippen molar-refractivity contribution in [3.05, 3.63) is 43.0 Å². The van der Waals surface area contributed by atoms with Gasteiger partial charge in [-0.1, -0.05) is 24.3 Å². The topological polar surface area (TPSA) is 37.4 Å². The highest BCUT2D eigenvalue weighted by atomic mass is 32.2. The molecule has 0 spiro atoms. The first kappa shape index (κ1) is 12.3. The van der Waals surface area contributed by atoms with E-state index in [4.69, 9.17) is 0 Å². The van der Waals surface area contributed by atoms with Crippen molar-refractivity contribution in [2.75, 3.05) is 13.1 Å². The lowest BCUT2D eigenvalue weighted by atomic mass is 10.4. The van der Waals surface area contributed by atoms with E-state index in [0.29, 0.717) is 4.90 Å². The van der Waals surface area contributed by atoms with Crippen LogP contribution in [0.2, 0.25) is 0 Å². The lowest BCUT2D eigenvalue weighted by Crippen LogP contribution is -2.37. The highest BCUT2D eigenvalue weighted by Crippen LogP contribution is 2.22. The Kier molecular flexibility index (Phi) is 3.64. The van der Waals surface area contributed by atoms with Gasteiger partial charge in [-0.15, -0.1) is 6.58 Å². The molecule has 0 aliphatic carbocycles. The third kappa shape index (κ3) is 2.42. The van der Waals surface area contributed by atoms with Crippen molar-refractivity contribution in [1.29, 1.82) is 0 Å². The summed E-state index contributed by atoms with van der Waals surface area (Å²) in [5, 5.41) is -0.590. The van der Waals surface area contributed by atoms with E-state index in [1.54, 1.807) is 24.3 Å². The first-order valence-electron chi connectivity index (χ1n) is 5.82. The van der Waals surface area contributed by atoms with Crippen LogP contribution in [-0.2, 0) is 9.84 Å². The van der Waals surface area contributed by atoms with Crippen LogP contribution in [0.5, 0.6) is 0 Å². The molecule has 0 aromatic heterocycles. The molecule has 0 amide bonds. The number of rotatable bonds is 4. The fraction of sp³-hybridized carbons (Fsp3) is 0.385. The summed E-state index contributed by atoms with van der Waals surface area (Å²) < 4.78 is 24.9. The Morgan fingerprint density at radius 2 is 1.76 bits per heavy atom. The highest BCUT2D eigenvalue weighted by molar-refractivity contribution is 7.92. The molecule has 3 nitrogen and oxygen atoms in total. The molecular weight excluding hydrogens is 234 g/mol.